The van der Waals surface area contributed by atoms with Crippen LogP contribution >= 0.6 is 0 Å². The largest absolute Gasteiger partial charge is 0.479 e. The number of anilines is 1. The Bertz CT molecular complexity index is 1400. The van der Waals surface area contributed by atoms with Crippen LogP contribution < -0.4 is 15.4 Å². The van der Waals surface area contributed by atoms with Gasteiger partial charge < -0.3 is 20.3 Å². The number of carbonyl (C=O) groups excluding carboxylic acids is 1. The molecular weight excluding hydrogens is 492 g/mol. The maximum absolute atomic E-state index is 15.2. The first-order chi connectivity index (χ1) is 18.1. The fraction of sp³-hybridized carbons (Fsp3) is 0.481. The van der Waals surface area contributed by atoms with Gasteiger partial charge in [-0.05, 0) is 49.1 Å². The van der Waals surface area contributed by atoms with Gasteiger partial charge in [0.2, 0.25) is 17.7 Å². The van der Waals surface area contributed by atoms with Crippen LogP contribution in [0.5, 0.6) is 5.88 Å². The van der Waals surface area contributed by atoms with Crippen molar-refractivity contribution >= 4 is 28.8 Å². The van der Waals surface area contributed by atoms with E-state index in [4.69, 9.17) is 4.74 Å². The number of ether oxygens (including phenoxy) is 1. The number of fused-ring (bicyclic) bond motifs is 2. The number of rotatable bonds is 6. The van der Waals surface area contributed by atoms with Gasteiger partial charge in [0, 0.05) is 43.0 Å². The molecule has 3 aromatic rings. The number of hydrogen-bond donors (Lipinski definition) is 2. The van der Waals surface area contributed by atoms with Crippen LogP contribution in [0.15, 0.2) is 29.4 Å². The van der Waals surface area contributed by atoms with E-state index in [9.17, 15) is 9.18 Å². The smallest absolute Gasteiger partial charge is 0.244 e. The van der Waals surface area contributed by atoms with Crippen LogP contribution in [0.3, 0.4) is 0 Å². The second kappa shape index (κ2) is 10.3. The summed E-state index contributed by atoms with van der Waals surface area (Å²) in [6.45, 7) is 8.00. The maximum Gasteiger partial charge on any atom is 0.244 e. The third-order valence-corrected chi connectivity index (χ3v) is 7.18. The molecule has 2 aliphatic heterocycles. The van der Waals surface area contributed by atoms with Crippen molar-refractivity contribution in [1.82, 2.24) is 24.8 Å². The van der Waals surface area contributed by atoms with Crippen molar-refractivity contribution in [3.63, 3.8) is 0 Å². The number of halogens is 2. The number of aromatic nitrogens is 3. The normalized spacial score (nSPS) is 21.4. The van der Waals surface area contributed by atoms with E-state index in [1.807, 2.05) is 19.1 Å². The number of alkyl halides is 1. The number of methoxy groups -OCH3 is 1. The van der Waals surface area contributed by atoms with Gasteiger partial charge >= 0.3 is 0 Å². The Morgan fingerprint density at radius 2 is 2.08 bits per heavy atom. The summed E-state index contributed by atoms with van der Waals surface area (Å²) in [4.78, 5) is 22.1. The van der Waals surface area contributed by atoms with E-state index in [-0.39, 0.29) is 42.2 Å². The van der Waals surface area contributed by atoms with Crippen LogP contribution in [-0.2, 0) is 11.2 Å². The fourth-order valence-corrected chi connectivity index (χ4v) is 5.24. The molecule has 1 saturated heterocycles. The minimum Gasteiger partial charge on any atom is -0.479 e. The number of aliphatic imine (C=N–C) groups is 1. The molecule has 2 aromatic heterocycles. The van der Waals surface area contributed by atoms with Gasteiger partial charge in [-0.15, -0.1) is 5.10 Å². The van der Waals surface area contributed by atoms with Crippen LogP contribution in [0.1, 0.15) is 39.7 Å². The Morgan fingerprint density at radius 1 is 1.29 bits per heavy atom. The van der Waals surface area contributed by atoms with Crippen molar-refractivity contribution in [3.8, 4) is 17.0 Å². The van der Waals surface area contributed by atoms with Crippen molar-refractivity contribution in [2.45, 2.75) is 64.8 Å². The molecule has 9 nitrogen and oxygen atoms in total. The van der Waals surface area contributed by atoms with Gasteiger partial charge in [0.1, 0.15) is 23.2 Å². The Hall–Kier alpha value is -3.60. The van der Waals surface area contributed by atoms with Crippen LogP contribution in [0.2, 0.25) is 0 Å². The number of likely N-dealkylation sites (tertiary alicyclic amines) is 1. The zero-order valence-electron chi connectivity index (χ0n) is 22.3. The van der Waals surface area contributed by atoms with Crippen molar-refractivity contribution < 1.29 is 18.3 Å². The molecule has 1 amide bonds. The van der Waals surface area contributed by atoms with Gasteiger partial charge in [-0.2, -0.15) is 4.98 Å². The molecule has 1 fully saturated rings. The average Bonchev–Trinajstić information content (AvgIpc) is 3.29. The molecule has 2 N–H and O–H groups in total. The third kappa shape index (κ3) is 4.94. The van der Waals surface area contributed by atoms with E-state index >= 15 is 4.39 Å². The van der Waals surface area contributed by atoms with Gasteiger partial charge in [0.15, 0.2) is 0 Å². The van der Waals surface area contributed by atoms with Gasteiger partial charge in [0.25, 0.3) is 0 Å². The second-order valence-corrected chi connectivity index (χ2v) is 10.3. The van der Waals surface area contributed by atoms with Crippen LogP contribution in [0, 0.1) is 5.82 Å². The lowest BCUT2D eigenvalue weighted by atomic mass is 9.93. The molecule has 0 saturated carbocycles. The van der Waals surface area contributed by atoms with Crippen molar-refractivity contribution in [1.29, 1.82) is 0 Å². The summed E-state index contributed by atoms with van der Waals surface area (Å²) in [5.41, 5.74) is 4.03. The molecule has 1 aromatic carbocycles. The molecule has 0 radical (unpaired) electrons. The first-order valence-electron chi connectivity index (χ1n) is 12.9. The fourth-order valence-electron chi connectivity index (χ4n) is 5.24. The number of carbonyl (C=O) groups is 1. The van der Waals surface area contributed by atoms with Crippen molar-refractivity contribution in [2.75, 3.05) is 25.5 Å². The number of amides is 1. The predicted molar refractivity (Wildman–Crippen MR) is 143 cm³/mol. The minimum atomic E-state index is -1.25. The molecule has 5 rings (SSSR count). The predicted octanol–water partition coefficient (Wildman–Crippen LogP) is 3.93. The highest BCUT2D eigenvalue weighted by Gasteiger charge is 2.31. The molecule has 0 bridgehead atoms. The van der Waals surface area contributed by atoms with Crippen molar-refractivity contribution in [3.05, 3.63) is 35.8 Å². The Kier molecular flexibility index (Phi) is 7.04. The lowest BCUT2D eigenvalue weighted by Crippen LogP contribution is -2.49. The standard InChI is InChI=1S/C27H33F2N7O2/c1-14(2)30-23-12-18-10-17(11-20(28)24(18)31-15(23)3)19-6-9-36-25(19)26(38-5)33-27(34-36)32-22-7-8-35(16(4)37)13-21(22)29/h6,9-11,14,21-23,30H,7-8,12-13H2,1-5H3,(H,32,34)/t21-,22+,23?/m1/s1. The second-order valence-electron chi connectivity index (χ2n) is 10.3. The summed E-state index contributed by atoms with van der Waals surface area (Å²) in [5.74, 6) is -0.0317. The molecule has 2 aliphatic rings. The maximum atomic E-state index is 15.2. The highest BCUT2D eigenvalue weighted by Crippen LogP contribution is 2.37. The molecule has 0 spiro atoms. The number of piperidine rings is 1. The summed E-state index contributed by atoms with van der Waals surface area (Å²) in [7, 11) is 1.50. The summed E-state index contributed by atoms with van der Waals surface area (Å²) in [6.07, 6.45) is 1.56. The molecule has 11 heteroatoms. The topological polar surface area (TPSA) is 96.1 Å². The highest BCUT2D eigenvalue weighted by atomic mass is 19.1. The van der Waals surface area contributed by atoms with Gasteiger partial charge in [0.05, 0.1) is 19.7 Å². The van der Waals surface area contributed by atoms with Crippen LogP contribution in [0.25, 0.3) is 16.6 Å². The number of benzene rings is 1. The molecule has 38 heavy (non-hydrogen) atoms. The Morgan fingerprint density at radius 3 is 2.76 bits per heavy atom. The zero-order chi connectivity index (χ0) is 27.1. The third-order valence-electron chi connectivity index (χ3n) is 7.18. The van der Waals surface area contributed by atoms with E-state index < -0.39 is 12.2 Å². The minimum absolute atomic E-state index is 0.0288. The molecule has 1 unspecified atom stereocenters. The summed E-state index contributed by atoms with van der Waals surface area (Å²) in [5, 5.41) is 11.1. The molecule has 3 atom stereocenters. The molecule has 202 valence electrons. The lowest BCUT2D eigenvalue weighted by Gasteiger charge is -2.34. The highest BCUT2D eigenvalue weighted by molar-refractivity contribution is 5.93. The van der Waals surface area contributed by atoms with Crippen molar-refractivity contribution in [2.24, 2.45) is 4.99 Å². The number of nitrogens with zero attached hydrogens (tertiary/aromatic N) is 5. The van der Waals surface area contributed by atoms with E-state index in [1.54, 1.807) is 10.7 Å². The zero-order valence-corrected chi connectivity index (χ0v) is 22.3. The molecule has 0 aliphatic carbocycles. The van der Waals surface area contributed by atoms with Gasteiger partial charge in [-0.25, -0.2) is 13.3 Å². The number of nitrogens with one attached hydrogen (secondary N) is 2. The lowest BCUT2D eigenvalue weighted by molar-refractivity contribution is -0.131. The first-order valence-corrected chi connectivity index (χ1v) is 12.9. The Labute approximate surface area is 220 Å². The quantitative estimate of drug-likeness (QED) is 0.506. The summed E-state index contributed by atoms with van der Waals surface area (Å²) in [6, 6.07) is 5.05. The van der Waals surface area contributed by atoms with Crippen LogP contribution in [0.4, 0.5) is 20.4 Å². The Balaban J connectivity index is 1.46. The van der Waals surface area contributed by atoms with E-state index in [2.05, 4.69) is 39.6 Å². The van der Waals surface area contributed by atoms with Crippen LogP contribution in [-0.4, -0.2) is 75.6 Å². The number of hydrogen-bond acceptors (Lipinski definition) is 7. The van der Waals surface area contributed by atoms with E-state index in [0.717, 1.165) is 11.3 Å². The summed E-state index contributed by atoms with van der Waals surface area (Å²) >= 11 is 0. The SMILES string of the molecule is COc1nc(N[C@H]2CCN(C(C)=O)C[C@H]2F)nn2ccc(-c3cc(F)c4c(c3)CC(NC(C)C)C(C)=N4)c12. The first kappa shape index (κ1) is 26.0. The average molecular weight is 526 g/mol. The monoisotopic (exact) mass is 525 g/mol. The van der Waals surface area contributed by atoms with E-state index in [1.165, 1.54) is 25.0 Å². The van der Waals surface area contributed by atoms with E-state index in [0.29, 0.717) is 41.7 Å². The molecule has 4 heterocycles. The van der Waals surface area contributed by atoms with Gasteiger partial charge in [-0.1, -0.05) is 13.8 Å². The molecular formula is C27H33F2N7O2. The van der Waals surface area contributed by atoms with Gasteiger partial charge in [-0.3, -0.25) is 9.79 Å². The summed E-state index contributed by atoms with van der Waals surface area (Å²) < 4.78 is 37.2.